The molecule has 2 N–H and O–H groups in total. The predicted molar refractivity (Wildman–Crippen MR) is 80.0 cm³/mol. The fraction of sp³-hybridized carbons (Fsp3) is 0.923. The Hall–Kier alpha value is -0.390. The number of hydrogen-bond acceptors (Lipinski definition) is 3. The van der Waals surface area contributed by atoms with Crippen molar-refractivity contribution in [2.45, 2.75) is 38.6 Å². The minimum absolute atomic E-state index is 0.542. The van der Waals surface area contributed by atoms with Crippen molar-refractivity contribution in [2.75, 3.05) is 39.9 Å². The Balaban J connectivity index is 2.07. The molecule has 0 spiro atoms. The van der Waals surface area contributed by atoms with Crippen molar-refractivity contribution >= 4 is 17.3 Å². The largest absolute Gasteiger partial charge is 0.385 e. The van der Waals surface area contributed by atoms with E-state index >= 15 is 0 Å². The normalized spacial score (nSPS) is 17.7. The summed E-state index contributed by atoms with van der Waals surface area (Å²) in [5.74, 6) is 0. The van der Waals surface area contributed by atoms with Gasteiger partial charge in [-0.1, -0.05) is 6.92 Å². The Labute approximate surface area is 116 Å². The summed E-state index contributed by atoms with van der Waals surface area (Å²) in [6, 6.07) is 0.542. The maximum Gasteiger partial charge on any atom is 0.166 e. The van der Waals surface area contributed by atoms with Crippen LogP contribution in [0.15, 0.2) is 0 Å². The van der Waals surface area contributed by atoms with Gasteiger partial charge in [-0.15, -0.1) is 0 Å². The molecule has 0 unspecified atom stereocenters. The van der Waals surface area contributed by atoms with Crippen LogP contribution in [0.1, 0.15) is 32.6 Å². The summed E-state index contributed by atoms with van der Waals surface area (Å²) in [7, 11) is 1.72. The number of rotatable bonds is 7. The topological polar surface area (TPSA) is 36.5 Å². The van der Waals surface area contributed by atoms with Gasteiger partial charge in [0.2, 0.25) is 0 Å². The molecule has 0 aromatic carbocycles. The molecule has 0 amide bonds. The van der Waals surface area contributed by atoms with Crippen LogP contribution < -0.4 is 10.6 Å². The van der Waals surface area contributed by atoms with Gasteiger partial charge in [0.15, 0.2) is 5.11 Å². The Kier molecular flexibility index (Phi) is 8.29. The molecule has 5 heteroatoms. The first-order chi connectivity index (χ1) is 8.76. The predicted octanol–water partition coefficient (Wildman–Crippen LogP) is 1.36. The molecule has 1 fully saturated rings. The first-order valence-electron chi connectivity index (χ1n) is 7.02. The van der Waals surface area contributed by atoms with Gasteiger partial charge in [0.25, 0.3) is 0 Å². The zero-order valence-corrected chi connectivity index (χ0v) is 12.5. The average Bonchev–Trinajstić information content (AvgIpc) is 2.37. The fourth-order valence-electron chi connectivity index (χ4n) is 2.27. The quantitative estimate of drug-likeness (QED) is 0.541. The third kappa shape index (κ3) is 6.52. The second-order valence-electron chi connectivity index (χ2n) is 4.86. The number of likely N-dealkylation sites (tertiary alicyclic amines) is 1. The van der Waals surface area contributed by atoms with Crippen LogP contribution in [-0.4, -0.2) is 55.9 Å². The van der Waals surface area contributed by atoms with Crippen LogP contribution in [0, 0.1) is 0 Å². The molecule has 0 bridgehead atoms. The maximum atomic E-state index is 5.29. The molecule has 106 valence electrons. The van der Waals surface area contributed by atoms with Gasteiger partial charge in [-0.3, -0.25) is 0 Å². The minimum Gasteiger partial charge on any atom is -0.385 e. The van der Waals surface area contributed by atoms with Crippen LogP contribution in [0.2, 0.25) is 0 Å². The molecule has 0 aromatic heterocycles. The lowest BCUT2D eigenvalue weighted by molar-refractivity contribution is 0.195. The second-order valence-corrected chi connectivity index (χ2v) is 5.27. The van der Waals surface area contributed by atoms with E-state index in [9.17, 15) is 0 Å². The van der Waals surface area contributed by atoms with E-state index in [2.05, 4.69) is 22.5 Å². The Morgan fingerprint density at radius 3 is 2.72 bits per heavy atom. The molecule has 1 heterocycles. The van der Waals surface area contributed by atoms with E-state index in [1.165, 1.54) is 38.9 Å². The molecule has 0 radical (unpaired) electrons. The zero-order chi connectivity index (χ0) is 13.2. The summed E-state index contributed by atoms with van der Waals surface area (Å²) < 4.78 is 5.00. The number of methoxy groups -OCH3 is 1. The number of nitrogens with one attached hydrogen (secondary N) is 2. The van der Waals surface area contributed by atoms with Crippen molar-refractivity contribution in [3.05, 3.63) is 0 Å². The highest BCUT2D eigenvalue weighted by Gasteiger charge is 2.18. The van der Waals surface area contributed by atoms with Gasteiger partial charge >= 0.3 is 0 Å². The molecule has 0 aromatic rings. The molecule has 0 atom stereocenters. The molecule has 18 heavy (non-hydrogen) atoms. The number of piperidine rings is 1. The standard InChI is InChI=1S/C13H27N3OS/c1-3-8-16-9-5-12(6-10-16)15-13(18)14-7-4-11-17-2/h12H,3-11H2,1-2H3,(H2,14,15,18). The van der Waals surface area contributed by atoms with Gasteiger partial charge in [-0.05, 0) is 44.4 Å². The molecule has 1 saturated heterocycles. The summed E-state index contributed by atoms with van der Waals surface area (Å²) in [5.41, 5.74) is 0. The van der Waals surface area contributed by atoms with Crippen molar-refractivity contribution in [1.82, 2.24) is 15.5 Å². The van der Waals surface area contributed by atoms with Gasteiger partial charge in [0.05, 0.1) is 0 Å². The third-order valence-corrected chi connectivity index (χ3v) is 3.54. The van der Waals surface area contributed by atoms with E-state index in [0.29, 0.717) is 6.04 Å². The van der Waals surface area contributed by atoms with E-state index in [0.717, 1.165) is 24.7 Å². The summed E-state index contributed by atoms with van der Waals surface area (Å²) >= 11 is 5.29. The van der Waals surface area contributed by atoms with E-state index in [1.807, 2.05) is 0 Å². The highest BCUT2D eigenvalue weighted by Crippen LogP contribution is 2.10. The maximum absolute atomic E-state index is 5.29. The van der Waals surface area contributed by atoms with Crippen LogP contribution in [0.3, 0.4) is 0 Å². The van der Waals surface area contributed by atoms with E-state index < -0.39 is 0 Å². The van der Waals surface area contributed by atoms with Crippen molar-refractivity contribution in [1.29, 1.82) is 0 Å². The van der Waals surface area contributed by atoms with Gasteiger partial charge in [0, 0.05) is 39.4 Å². The lowest BCUT2D eigenvalue weighted by atomic mass is 10.1. The molecule has 4 nitrogen and oxygen atoms in total. The SMILES string of the molecule is CCCN1CCC(NC(=S)NCCCOC)CC1. The van der Waals surface area contributed by atoms with Gasteiger partial charge in [-0.25, -0.2) is 0 Å². The van der Waals surface area contributed by atoms with Crippen LogP contribution >= 0.6 is 12.2 Å². The highest BCUT2D eigenvalue weighted by molar-refractivity contribution is 7.80. The Bertz CT molecular complexity index is 230. The summed E-state index contributed by atoms with van der Waals surface area (Å²) in [4.78, 5) is 2.53. The van der Waals surface area contributed by atoms with Gasteiger partial charge in [-0.2, -0.15) is 0 Å². The van der Waals surface area contributed by atoms with Crippen LogP contribution in [-0.2, 0) is 4.74 Å². The van der Waals surface area contributed by atoms with E-state index in [-0.39, 0.29) is 0 Å². The third-order valence-electron chi connectivity index (χ3n) is 3.27. The summed E-state index contributed by atoms with van der Waals surface area (Å²) in [6.07, 6.45) is 4.63. The second kappa shape index (κ2) is 9.53. The molecule has 1 rings (SSSR count). The smallest absolute Gasteiger partial charge is 0.166 e. The Morgan fingerprint density at radius 1 is 1.39 bits per heavy atom. The zero-order valence-electron chi connectivity index (χ0n) is 11.7. The average molecular weight is 273 g/mol. The van der Waals surface area contributed by atoms with Gasteiger partial charge < -0.3 is 20.3 Å². The fourth-order valence-corrected chi connectivity index (χ4v) is 2.54. The number of hydrogen-bond donors (Lipinski definition) is 2. The van der Waals surface area contributed by atoms with Crippen molar-refractivity contribution in [3.63, 3.8) is 0 Å². The number of thiocarbonyl (C=S) groups is 1. The van der Waals surface area contributed by atoms with Crippen molar-refractivity contribution < 1.29 is 4.74 Å². The molecule has 0 saturated carbocycles. The molecule has 1 aliphatic heterocycles. The lowest BCUT2D eigenvalue weighted by Gasteiger charge is -2.32. The summed E-state index contributed by atoms with van der Waals surface area (Å²) in [5, 5.41) is 7.43. The van der Waals surface area contributed by atoms with Crippen molar-refractivity contribution in [3.8, 4) is 0 Å². The monoisotopic (exact) mass is 273 g/mol. The first kappa shape index (κ1) is 15.7. The minimum atomic E-state index is 0.542. The number of ether oxygens (including phenoxy) is 1. The van der Waals surface area contributed by atoms with Crippen LogP contribution in [0.25, 0.3) is 0 Å². The summed E-state index contributed by atoms with van der Waals surface area (Å²) in [6.45, 7) is 7.52. The lowest BCUT2D eigenvalue weighted by Crippen LogP contribution is -2.48. The van der Waals surface area contributed by atoms with E-state index in [4.69, 9.17) is 17.0 Å². The number of nitrogens with zero attached hydrogens (tertiary/aromatic N) is 1. The van der Waals surface area contributed by atoms with Crippen molar-refractivity contribution in [2.24, 2.45) is 0 Å². The van der Waals surface area contributed by atoms with E-state index in [1.54, 1.807) is 7.11 Å². The van der Waals surface area contributed by atoms with Crippen LogP contribution in [0.5, 0.6) is 0 Å². The molecule has 1 aliphatic rings. The first-order valence-corrected chi connectivity index (χ1v) is 7.42. The van der Waals surface area contributed by atoms with Gasteiger partial charge in [0.1, 0.15) is 0 Å². The molecule has 0 aliphatic carbocycles. The molecular formula is C13H27N3OS. The molecular weight excluding hydrogens is 246 g/mol. The Morgan fingerprint density at radius 2 is 2.11 bits per heavy atom. The van der Waals surface area contributed by atoms with Crippen LogP contribution in [0.4, 0.5) is 0 Å². The highest BCUT2D eigenvalue weighted by atomic mass is 32.1.